The van der Waals surface area contributed by atoms with Crippen molar-refractivity contribution < 1.29 is 14.7 Å². The molecule has 0 radical (unpaired) electrons. The Morgan fingerprint density at radius 3 is 2.45 bits per heavy atom. The fraction of sp³-hybridized carbons (Fsp3) is 0.333. The second-order valence-corrected chi connectivity index (χ2v) is 5.18. The smallest absolute Gasteiger partial charge is 0.413 e. The van der Waals surface area contributed by atoms with Crippen molar-refractivity contribution in [2.45, 2.75) is 6.92 Å². The third kappa shape index (κ3) is 3.33. The van der Waals surface area contributed by atoms with E-state index in [1.54, 1.807) is 25.9 Å². The van der Waals surface area contributed by atoms with Crippen LogP contribution in [0.4, 0.5) is 9.93 Å². The van der Waals surface area contributed by atoms with Crippen LogP contribution >= 0.6 is 11.3 Å². The number of hydrogen-bond donors (Lipinski definition) is 1. The first-order valence-corrected chi connectivity index (χ1v) is 6.36. The molecule has 20 heavy (non-hydrogen) atoms. The minimum Gasteiger partial charge on any atom is -0.465 e. The average molecular weight is 294 g/mol. The van der Waals surface area contributed by atoms with E-state index < -0.39 is 11.9 Å². The number of hydrogen-bond acceptors (Lipinski definition) is 6. The van der Waals surface area contributed by atoms with Crippen molar-refractivity contribution in [3.8, 4) is 6.07 Å². The predicted molar refractivity (Wildman–Crippen MR) is 75.0 cm³/mol. The van der Waals surface area contributed by atoms with Gasteiger partial charge in [0.2, 0.25) is 5.78 Å². The quantitative estimate of drug-likeness (QED) is 0.516. The summed E-state index contributed by atoms with van der Waals surface area (Å²) in [6.07, 6.45) is 0.254. The lowest BCUT2D eigenvalue weighted by Crippen LogP contribution is -2.23. The molecule has 1 N–H and O–H groups in total. The summed E-state index contributed by atoms with van der Waals surface area (Å²) < 4.78 is 0. The van der Waals surface area contributed by atoms with Crippen LogP contribution in [0.1, 0.15) is 15.4 Å². The number of amides is 1. The number of nitrogens with zero attached hydrogens (tertiary/aromatic N) is 4. The molecule has 0 bridgehead atoms. The molecule has 1 aromatic heterocycles. The molecular formula is C12H14N4O3S. The lowest BCUT2D eigenvalue weighted by molar-refractivity contribution is 0.104. The van der Waals surface area contributed by atoms with E-state index in [9.17, 15) is 9.59 Å². The molecule has 1 heterocycles. The Bertz CT molecular complexity index is 613. The molecule has 1 amide bonds. The van der Waals surface area contributed by atoms with E-state index in [-0.39, 0.29) is 15.6 Å². The molecule has 0 aliphatic carbocycles. The summed E-state index contributed by atoms with van der Waals surface area (Å²) in [5, 5.41) is 18.1. The fourth-order valence-corrected chi connectivity index (χ4v) is 2.31. The molecule has 0 saturated carbocycles. The fourth-order valence-electron chi connectivity index (χ4n) is 1.34. The maximum atomic E-state index is 12.2. The highest BCUT2D eigenvalue weighted by Crippen LogP contribution is 2.27. The monoisotopic (exact) mass is 294 g/mol. The summed E-state index contributed by atoms with van der Waals surface area (Å²) in [7, 11) is 4.75. The van der Waals surface area contributed by atoms with Gasteiger partial charge < -0.3 is 10.0 Å². The molecular weight excluding hydrogens is 280 g/mol. The van der Waals surface area contributed by atoms with E-state index in [4.69, 9.17) is 10.4 Å². The normalized spacial score (nSPS) is 10.8. The van der Waals surface area contributed by atoms with Gasteiger partial charge in [-0.1, -0.05) is 11.3 Å². The number of aryl methyl sites for hydroxylation is 1. The van der Waals surface area contributed by atoms with Gasteiger partial charge in [0.25, 0.3) is 0 Å². The maximum absolute atomic E-state index is 12.2. The molecule has 0 aliphatic heterocycles. The van der Waals surface area contributed by atoms with Gasteiger partial charge in [-0.25, -0.2) is 9.78 Å². The van der Waals surface area contributed by atoms with Gasteiger partial charge in [-0.15, -0.1) is 0 Å². The Kier molecular flexibility index (Phi) is 4.83. The molecule has 8 heteroatoms. The van der Waals surface area contributed by atoms with Crippen LogP contribution in [0.15, 0.2) is 11.8 Å². The van der Waals surface area contributed by atoms with E-state index in [1.165, 1.54) is 13.2 Å². The number of rotatable bonds is 4. The van der Waals surface area contributed by atoms with Gasteiger partial charge >= 0.3 is 6.09 Å². The Morgan fingerprint density at radius 2 is 2.00 bits per heavy atom. The van der Waals surface area contributed by atoms with E-state index in [2.05, 4.69) is 4.98 Å². The first-order valence-electron chi connectivity index (χ1n) is 5.55. The molecule has 7 nitrogen and oxygen atoms in total. The van der Waals surface area contributed by atoms with Crippen LogP contribution in [0.25, 0.3) is 0 Å². The SMILES string of the molecule is Cc1nc(N(C)C(=O)O)sc1C(=O)C(C#N)=CN(C)C. The summed E-state index contributed by atoms with van der Waals surface area (Å²) in [5.41, 5.74) is 0.384. The van der Waals surface area contributed by atoms with E-state index in [0.29, 0.717) is 5.69 Å². The maximum Gasteiger partial charge on any atom is 0.413 e. The van der Waals surface area contributed by atoms with Crippen molar-refractivity contribution in [3.05, 3.63) is 22.3 Å². The zero-order valence-corrected chi connectivity index (χ0v) is 12.4. The highest BCUT2D eigenvalue weighted by Gasteiger charge is 2.22. The number of thiazole rings is 1. The number of carboxylic acid groups (broad SMARTS) is 1. The summed E-state index contributed by atoms with van der Waals surface area (Å²) in [6, 6.07) is 1.84. The van der Waals surface area contributed by atoms with Crippen LogP contribution in [-0.4, -0.2) is 48.0 Å². The Labute approximate surface area is 120 Å². The number of nitriles is 1. The largest absolute Gasteiger partial charge is 0.465 e. The molecule has 0 saturated heterocycles. The van der Waals surface area contributed by atoms with Gasteiger partial charge in [0.1, 0.15) is 16.5 Å². The van der Waals surface area contributed by atoms with Gasteiger partial charge in [-0.2, -0.15) is 5.26 Å². The van der Waals surface area contributed by atoms with E-state index in [0.717, 1.165) is 16.2 Å². The van der Waals surface area contributed by atoms with Crippen LogP contribution in [0, 0.1) is 18.3 Å². The van der Waals surface area contributed by atoms with Crippen LogP contribution in [-0.2, 0) is 0 Å². The second-order valence-electron chi connectivity index (χ2n) is 4.20. The van der Waals surface area contributed by atoms with Crippen molar-refractivity contribution in [2.75, 3.05) is 26.0 Å². The van der Waals surface area contributed by atoms with Crippen molar-refractivity contribution in [1.29, 1.82) is 5.26 Å². The van der Waals surface area contributed by atoms with E-state index >= 15 is 0 Å². The van der Waals surface area contributed by atoms with Crippen molar-refractivity contribution in [3.63, 3.8) is 0 Å². The Hall–Kier alpha value is -2.40. The van der Waals surface area contributed by atoms with Gasteiger partial charge in [-0.05, 0) is 6.92 Å². The van der Waals surface area contributed by atoms with Crippen molar-refractivity contribution in [1.82, 2.24) is 9.88 Å². The minimum atomic E-state index is -1.16. The van der Waals surface area contributed by atoms with Crippen molar-refractivity contribution in [2.24, 2.45) is 0 Å². The summed E-state index contributed by atoms with van der Waals surface area (Å²) in [5.74, 6) is -0.457. The minimum absolute atomic E-state index is 0.0220. The van der Waals surface area contributed by atoms with Gasteiger partial charge in [0.05, 0.1) is 5.69 Å². The highest BCUT2D eigenvalue weighted by atomic mass is 32.1. The molecule has 1 rings (SSSR count). The zero-order chi connectivity index (χ0) is 15.4. The first kappa shape index (κ1) is 15.7. The third-order valence-corrected chi connectivity index (χ3v) is 3.55. The standard InChI is InChI=1S/C12H14N4O3S/c1-7-10(9(17)8(5-13)6-15(2)3)20-11(14-7)16(4)12(18)19/h6H,1-4H3,(H,18,19). The van der Waals surface area contributed by atoms with Crippen LogP contribution in [0.3, 0.4) is 0 Å². The summed E-state index contributed by atoms with van der Waals surface area (Å²) in [4.78, 5) is 29.9. The Morgan fingerprint density at radius 1 is 1.40 bits per heavy atom. The number of allylic oxidation sites excluding steroid dienone is 1. The first-order chi connectivity index (χ1) is 9.27. The number of carbonyl (C=O) groups is 2. The van der Waals surface area contributed by atoms with Gasteiger partial charge in [0.15, 0.2) is 5.13 Å². The predicted octanol–water partition coefficient (Wildman–Crippen LogP) is 1.72. The Balaban J connectivity index is 3.19. The van der Waals surface area contributed by atoms with Crippen LogP contribution < -0.4 is 4.90 Å². The number of aromatic nitrogens is 1. The van der Waals surface area contributed by atoms with E-state index in [1.807, 2.05) is 6.07 Å². The molecule has 106 valence electrons. The summed E-state index contributed by atoms with van der Waals surface area (Å²) in [6.45, 7) is 1.60. The summed E-state index contributed by atoms with van der Waals surface area (Å²) >= 11 is 0.949. The molecule has 0 aromatic carbocycles. The zero-order valence-electron chi connectivity index (χ0n) is 11.5. The topological polar surface area (TPSA) is 97.5 Å². The third-order valence-electron chi connectivity index (χ3n) is 2.32. The number of ketones is 1. The number of anilines is 1. The second kappa shape index (κ2) is 6.16. The lowest BCUT2D eigenvalue weighted by atomic mass is 10.1. The van der Waals surface area contributed by atoms with Crippen LogP contribution in [0.2, 0.25) is 0 Å². The number of carbonyl (C=O) groups excluding carboxylic acids is 1. The average Bonchev–Trinajstić information content (AvgIpc) is 2.75. The van der Waals surface area contributed by atoms with Crippen molar-refractivity contribution >= 4 is 28.3 Å². The molecule has 0 spiro atoms. The lowest BCUT2D eigenvalue weighted by Gasteiger charge is -2.07. The molecule has 1 aromatic rings. The molecule has 0 unspecified atom stereocenters. The molecule has 0 atom stereocenters. The molecule has 0 aliphatic rings. The van der Waals surface area contributed by atoms with Crippen LogP contribution in [0.5, 0.6) is 0 Å². The van der Waals surface area contributed by atoms with Gasteiger partial charge in [0, 0.05) is 27.3 Å². The van der Waals surface area contributed by atoms with Gasteiger partial charge in [-0.3, -0.25) is 9.69 Å². The number of Topliss-reactive ketones (excluding diaryl/α,β-unsaturated/α-hetero) is 1. The molecule has 0 fully saturated rings. The highest BCUT2D eigenvalue weighted by molar-refractivity contribution is 7.18.